The zero-order valence-corrected chi connectivity index (χ0v) is 13.1. The number of rotatable bonds is 2. The summed E-state index contributed by atoms with van der Waals surface area (Å²) in [4.78, 5) is 15.4. The Bertz CT molecular complexity index is 581. The molecule has 0 aliphatic carbocycles. The van der Waals surface area contributed by atoms with E-state index in [1.165, 1.54) is 4.70 Å². The van der Waals surface area contributed by atoms with Crippen LogP contribution in [0.5, 0.6) is 0 Å². The molecular weight excluding hydrogens is 290 g/mol. The molecule has 0 spiro atoms. The van der Waals surface area contributed by atoms with E-state index >= 15 is 0 Å². The summed E-state index contributed by atoms with van der Waals surface area (Å²) in [5.74, 6) is 0.718. The molecule has 0 saturated carbocycles. The second-order valence-electron chi connectivity index (χ2n) is 5.46. The third kappa shape index (κ3) is 2.70. The van der Waals surface area contributed by atoms with Crippen LogP contribution in [0.4, 0.5) is 0 Å². The highest BCUT2D eigenvalue weighted by atomic mass is 35.5. The number of hydrogen-bond donors (Lipinski definition) is 0. The molecule has 1 aromatic heterocycles. The molecule has 2 nitrogen and oxygen atoms in total. The Morgan fingerprint density at radius 3 is 2.70 bits per heavy atom. The van der Waals surface area contributed by atoms with E-state index in [2.05, 4.69) is 19.1 Å². The summed E-state index contributed by atoms with van der Waals surface area (Å²) >= 11 is 7.74. The number of piperidine rings is 1. The number of alkyl halides is 1. The Morgan fingerprint density at radius 1 is 1.35 bits per heavy atom. The first-order valence-corrected chi connectivity index (χ1v) is 8.32. The summed E-state index contributed by atoms with van der Waals surface area (Å²) in [6.07, 6.45) is 2.03. The van der Waals surface area contributed by atoms with Crippen molar-refractivity contribution in [2.75, 3.05) is 13.1 Å². The summed E-state index contributed by atoms with van der Waals surface area (Å²) in [5, 5.41) is 1.36. The van der Waals surface area contributed by atoms with Gasteiger partial charge in [0.25, 0.3) is 5.91 Å². The minimum absolute atomic E-state index is 0.173. The van der Waals surface area contributed by atoms with Crippen LogP contribution >= 0.6 is 22.9 Å². The fourth-order valence-electron chi connectivity index (χ4n) is 2.80. The molecule has 1 saturated heterocycles. The van der Waals surface area contributed by atoms with E-state index in [0.717, 1.165) is 36.2 Å². The van der Waals surface area contributed by atoms with Crippen molar-refractivity contribution in [3.8, 4) is 0 Å². The zero-order chi connectivity index (χ0) is 14.1. The van der Waals surface area contributed by atoms with Gasteiger partial charge < -0.3 is 4.90 Å². The van der Waals surface area contributed by atoms with Crippen molar-refractivity contribution in [1.29, 1.82) is 0 Å². The molecule has 4 heteroatoms. The lowest BCUT2D eigenvalue weighted by Gasteiger charge is -2.32. The molecule has 1 aromatic carbocycles. The van der Waals surface area contributed by atoms with Gasteiger partial charge in [-0.05, 0) is 43.2 Å². The Balaban J connectivity index is 1.73. The minimum Gasteiger partial charge on any atom is -0.338 e. The lowest BCUT2D eigenvalue weighted by atomic mass is 9.94. The van der Waals surface area contributed by atoms with Crippen LogP contribution in [-0.2, 0) is 0 Å². The lowest BCUT2D eigenvalue weighted by molar-refractivity contribution is 0.0695. The molecule has 1 aliphatic rings. The van der Waals surface area contributed by atoms with Crippen molar-refractivity contribution < 1.29 is 4.79 Å². The number of amides is 1. The molecule has 0 radical (unpaired) electrons. The van der Waals surface area contributed by atoms with Crippen LogP contribution in [0.15, 0.2) is 30.3 Å². The van der Waals surface area contributed by atoms with Crippen LogP contribution in [0, 0.1) is 5.92 Å². The topological polar surface area (TPSA) is 20.3 Å². The number of nitrogens with zero attached hydrogens (tertiary/aromatic N) is 1. The van der Waals surface area contributed by atoms with E-state index in [4.69, 9.17) is 11.6 Å². The predicted molar refractivity (Wildman–Crippen MR) is 85.8 cm³/mol. The number of fused-ring (bicyclic) bond motifs is 1. The van der Waals surface area contributed by atoms with Gasteiger partial charge in [-0.1, -0.05) is 18.2 Å². The average Bonchev–Trinajstić information content (AvgIpc) is 2.90. The second kappa shape index (κ2) is 5.74. The first-order chi connectivity index (χ1) is 9.65. The molecule has 3 rings (SSSR count). The lowest BCUT2D eigenvalue weighted by Crippen LogP contribution is -2.39. The number of carbonyl (C=O) groups excluding carboxylic acids is 1. The van der Waals surface area contributed by atoms with Crippen LogP contribution in [-0.4, -0.2) is 29.3 Å². The number of carbonyl (C=O) groups is 1. The number of benzene rings is 1. The van der Waals surface area contributed by atoms with Gasteiger partial charge in [0.15, 0.2) is 0 Å². The quantitative estimate of drug-likeness (QED) is 0.754. The number of likely N-dealkylation sites (tertiary alicyclic amines) is 1. The maximum Gasteiger partial charge on any atom is 0.263 e. The van der Waals surface area contributed by atoms with E-state index < -0.39 is 0 Å². The van der Waals surface area contributed by atoms with Crippen molar-refractivity contribution >= 4 is 38.9 Å². The van der Waals surface area contributed by atoms with Gasteiger partial charge in [-0.25, -0.2) is 0 Å². The number of halogens is 1. The number of hydrogen-bond acceptors (Lipinski definition) is 2. The standard InChI is InChI=1S/C16H18ClNOS/c1-11(17)12-6-8-18(9-7-12)16(19)15-10-13-4-2-3-5-14(13)20-15/h2-5,10-12H,6-9H2,1H3. The third-order valence-corrected chi connectivity index (χ3v) is 5.57. The third-order valence-electron chi connectivity index (χ3n) is 4.11. The van der Waals surface area contributed by atoms with Crippen LogP contribution in [0.1, 0.15) is 29.4 Å². The smallest absolute Gasteiger partial charge is 0.263 e. The molecule has 106 valence electrons. The maximum absolute atomic E-state index is 12.5. The van der Waals surface area contributed by atoms with Crippen molar-refractivity contribution in [3.63, 3.8) is 0 Å². The first kappa shape index (κ1) is 13.9. The zero-order valence-electron chi connectivity index (χ0n) is 11.5. The highest BCUT2D eigenvalue weighted by Gasteiger charge is 2.26. The van der Waals surface area contributed by atoms with Gasteiger partial charge in [0.05, 0.1) is 4.88 Å². The molecule has 1 aliphatic heterocycles. The van der Waals surface area contributed by atoms with Crippen molar-refractivity contribution in [3.05, 3.63) is 35.2 Å². The van der Waals surface area contributed by atoms with E-state index in [9.17, 15) is 4.79 Å². The molecule has 20 heavy (non-hydrogen) atoms. The SMILES string of the molecule is CC(Cl)C1CCN(C(=O)c2cc3ccccc3s2)CC1. The van der Waals surface area contributed by atoms with Crippen LogP contribution in [0.3, 0.4) is 0 Å². The van der Waals surface area contributed by atoms with E-state index in [-0.39, 0.29) is 11.3 Å². The second-order valence-corrected chi connectivity index (χ2v) is 7.23. The Hall–Kier alpha value is -1.06. The molecule has 2 heterocycles. The van der Waals surface area contributed by atoms with E-state index in [0.29, 0.717) is 5.92 Å². The van der Waals surface area contributed by atoms with Crippen LogP contribution < -0.4 is 0 Å². The summed E-state index contributed by atoms with van der Waals surface area (Å²) in [6.45, 7) is 3.71. The fourth-order valence-corrected chi connectivity index (χ4v) is 4.09. The monoisotopic (exact) mass is 307 g/mol. The molecule has 1 fully saturated rings. The van der Waals surface area contributed by atoms with Crippen molar-refractivity contribution in [2.45, 2.75) is 25.1 Å². The van der Waals surface area contributed by atoms with Crippen molar-refractivity contribution in [1.82, 2.24) is 4.90 Å². The largest absolute Gasteiger partial charge is 0.338 e. The minimum atomic E-state index is 0.173. The van der Waals surface area contributed by atoms with E-state index in [1.807, 2.05) is 23.1 Å². The Morgan fingerprint density at radius 2 is 2.05 bits per heavy atom. The van der Waals surface area contributed by atoms with Gasteiger partial charge >= 0.3 is 0 Å². The highest BCUT2D eigenvalue weighted by Crippen LogP contribution is 2.29. The first-order valence-electron chi connectivity index (χ1n) is 7.07. The van der Waals surface area contributed by atoms with Gasteiger partial charge in [0.1, 0.15) is 0 Å². The maximum atomic E-state index is 12.5. The van der Waals surface area contributed by atoms with Gasteiger partial charge in [-0.2, -0.15) is 0 Å². The molecule has 0 bridgehead atoms. The molecular formula is C16H18ClNOS. The Kier molecular flexibility index (Phi) is 3.99. The van der Waals surface area contributed by atoms with E-state index in [1.54, 1.807) is 11.3 Å². The molecule has 1 amide bonds. The number of thiophene rings is 1. The summed E-state index contributed by atoms with van der Waals surface area (Å²) in [5.41, 5.74) is 0. The van der Waals surface area contributed by atoms with Crippen LogP contribution in [0.25, 0.3) is 10.1 Å². The highest BCUT2D eigenvalue weighted by molar-refractivity contribution is 7.20. The predicted octanol–water partition coefficient (Wildman–Crippen LogP) is 4.38. The normalized spacial score (nSPS) is 18.4. The average molecular weight is 308 g/mol. The van der Waals surface area contributed by atoms with Gasteiger partial charge in [-0.3, -0.25) is 4.79 Å². The van der Waals surface area contributed by atoms with Gasteiger partial charge in [0, 0.05) is 23.2 Å². The molecule has 1 atom stereocenters. The fraction of sp³-hybridized carbons (Fsp3) is 0.438. The van der Waals surface area contributed by atoms with Crippen molar-refractivity contribution in [2.24, 2.45) is 5.92 Å². The van der Waals surface area contributed by atoms with Gasteiger partial charge in [0.2, 0.25) is 0 Å². The Labute approximate surface area is 128 Å². The van der Waals surface area contributed by atoms with Crippen LogP contribution in [0.2, 0.25) is 0 Å². The summed E-state index contributed by atoms with van der Waals surface area (Å²) in [6, 6.07) is 10.2. The molecule has 1 unspecified atom stereocenters. The summed E-state index contributed by atoms with van der Waals surface area (Å²) in [7, 11) is 0. The molecule has 0 N–H and O–H groups in total. The molecule has 2 aromatic rings. The van der Waals surface area contributed by atoms with Gasteiger partial charge in [-0.15, -0.1) is 22.9 Å². The summed E-state index contributed by atoms with van der Waals surface area (Å²) < 4.78 is 1.18.